The van der Waals surface area contributed by atoms with Crippen LogP contribution in [0.1, 0.15) is 160 Å². The standard InChI is InChI=1S/C46H63F3O/c1-3-5-7-9-10-12-14-32-50-44-31-30-42(45(48)46(44)49)39-26-24-38(25-27-39)41-29-28-40(33-43(41)47)37-22-20-36(21-23-37)35-18-16-34(17-19-35)15-13-11-8-6-4-2/h24-31,33-37H,3-23,32H2,1-2H3. The minimum Gasteiger partial charge on any atom is -0.490 e. The number of halogens is 3. The van der Waals surface area contributed by atoms with Gasteiger partial charge in [0.25, 0.3) is 0 Å². The van der Waals surface area contributed by atoms with Gasteiger partial charge in [-0.2, -0.15) is 4.39 Å². The first-order valence-corrected chi connectivity index (χ1v) is 20.5. The molecule has 5 rings (SSSR count). The first-order valence-electron chi connectivity index (χ1n) is 20.5. The molecular weight excluding hydrogens is 625 g/mol. The molecule has 2 aliphatic rings. The van der Waals surface area contributed by atoms with Crippen molar-refractivity contribution in [1.29, 1.82) is 0 Å². The lowest BCUT2D eigenvalue weighted by molar-refractivity contribution is 0.155. The van der Waals surface area contributed by atoms with E-state index in [1.807, 2.05) is 6.07 Å². The van der Waals surface area contributed by atoms with Crippen LogP contribution in [-0.2, 0) is 0 Å². The maximum atomic E-state index is 15.5. The van der Waals surface area contributed by atoms with Crippen LogP contribution in [-0.4, -0.2) is 6.61 Å². The van der Waals surface area contributed by atoms with E-state index < -0.39 is 11.6 Å². The molecule has 0 heterocycles. The molecule has 0 bridgehead atoms. The zero-order chi connectivity index (χ0) is 35.1. The lowest BCUT2D eigenvalue weighted by Crippen LogP contribution is -2.25. The van der Waals surface area contributed by atoms with Crippen LogP contribution < -0.4 is 4.74 Å². The molecule has 0 spiro atoms. The molecule has 0 atom stereocenters. The fraction of sp³-hybridized carbons (Fsp3) is 0.609. The van der Waals surface area contributed by atoms with Crippen LogP contribution in [0.4, 0.5) is 13.2 Å². The Labute approximate surface area is 301 Å². The van der Waals surface area contributed by atoms with Gasteiger partial charge in [-0.1, -0.05) is 140 Å². The average molecular weight is 689 g/mol. The van der Waals surface area contributed by atoms with Gasteiger partial charge in [0.1, 0.15) is 5.82 Å². The molecule has 0 aliphatic heterocycles. The van der Waals surface area contributed by atoms with Crippen molar-refractivity contribution in [3.63, 3.8) is 0 Å². The summed E-state index contributed by atoms with van der Waals surface area (Å²) in [5.74, 6) is 0.989. The predicted molar refractivity (Wildman–Crippen MR) is 204 cm³/mol. The molecule has 2 fully saturated rings. The Kier molecular flexibility index (Phi) is 15.6. The Balaban J connectivity index is 1.08. The molecule has 0 saturated heterocycles. The molecule has 0 amide bonds. The summed E-state index contributed by atoms with van der Waals surface area (Å²) < 4.78 is 51.1. The first-order chi connectivity index (χ1) is 24.5. The third-order valence-corrected chi connectivity index (χ3v) is 12.1. The van der Waals surface area contributed by atoms with Gasteiger partial charge in [-0.25, -0.2) is 8.78 Å². The summed E-state index contributed by atoms with van der Waals surface area (Å²) >= 11 is 0. The molecule has 274 valence electrons. The van der Waals surface area contributed by atoms with Gasteiger partial charge in [0, 0.05) is 11.1 Å². The van der Waals surface area contributed by atoms with Gasteiger partial charge in [-0.05, 0) is 104 Å². The van der Waals surface area contributed by atoms with E-state index in [0.29, 0.717) is 23.7 Å². The highest BCUT2D eigenvalue weighted by atomic mass is 19.2. The molecule has 50 heavy (non-hydrogen) atoms. The predicted octanol–water partition coefficient (Wildman–Crippen LogP) is 15.0. The van der Waals surface area contributed by atoms with E-state index in [2.05, 4.69) is 19.9 Å². The second-order valence-electron chi connectivity index (χ2n) is 15.6. The van der Waals surface area contributed by atoms with E-state index in [9.17, 15) is 4.39 Å². The summed E-state index contributed by atoms with van der Waals surface area (Å²) in [5, 5.41) is 0. The van der Waals surface area contributed by atoms with Crippen molar-refractivity contribution in [2.24, 2.45) is 17.8 Å². The van der Waals surface area contributed by atoms with Crippen LogP contribution in [0.5, 0.6) is 5.75 Å². The molecule has 0 radical (unpaired) electrons. The van der Waals surface area contributed by atoms with Gasteiger partial charge < -0.3 is 4.74 Å². The van der Waals surface area contributed by atoms with Crippen LogP contribution in [0.3, 0.4) is 0 Å². The number of hydrogen-bond donors (Lipinski definition) is 0. The van der Waals surface area contributed by atoms with Crippen LogP contribution in [0.15, 0.2) is 54.6 Å². The van der Waals surface area contributed by atoms with Crippen molar-refractivity contribution >= 4 is 0 Å². The summed E-state index contributed by atoms with van der Waals surface area (Å²) in [6.07, 6.45) is 26.9. The largest absolute Gasteiger partial charge is 0.490 e. The minimum atomic E-state index is -0.957. The highest BCUT2D eigenvalue weighted by Crippen LogP contribution is 2.45. The molecule has 0 N–H and O–H groups in total. The van der Waals surface area contributed by atoms with Gasteiger partial charge in [-0.3, -0.25) is 0 Å². The summed E-state index contributed by atoms with van der Waals surface area (Å²) in [6.45, 7) is 4.87. The van der Waals surface area contributed by atoms with E-state index in [0.717, 1.165) is 61.0 Å². The van der Waals surface area contributed by atoms with Gasteiger partial charge in [0.05, 0.1) is 6.61 Å². The average Bonchev–Trinajstić information content (AvgIpc) is 3.15. The van der Waals surface area contributed by atoms with Crippen molar-refractivity contribution in [1.82, 2.24) is 0 Å². The fourth-order valence-corrected chi connectivity index (χ4v) is 8.87. The second-order valence-corrected chi connectivity index (χ2v) is 15.6. The number of unbranched alkanes of at least 4 members (excludes halogenated alkanes) is 10. The second kappa shape index (κ2) is 20.3. The summed E-state index contributed by atoms with van der Waals surface area (Å²) in [7, 11) is 0. The van der Waals surface area contributed by atoms with E-state index in [4.69, 9.17) is 4.74 Å². The van der Waals surface area contributed by atoms with Crippen LogP contribution in [0.2, 0.25) is 0 Å². The maximum Gasteiger partial charge on any atom is 0.201 e. The van der Waals surface area contributed by atoms with Crippen LogP contribution in [0, 0.1) is 35.2 Å². The number of hydrogen-bond acceptors (Lipinski definition) is 1. The summed E-state index contributed by atoms with van der Waals surface area (Å²) in [6, 6.07) is 15.9. The Morgan fingerprint density at radius 3 is 1.70 bits per heavy atom. The zero-order valence-electron chi connectivity index (χ0n) is 31.1. The Morgan fingerprint density at radius 1 is 0.540 bits per heavy atom. The smallest absolute Gasteiger partial charge is 0.201 e. The Bertz CT molecular complexity index is 1420. The monoisotopic (exact) mass is 688 g/mol. The Morgan fingerprint density at radius 2 is 1.08 bits per heavy atom. The minimum absolute atomic E-state index is 0.0459. The molecule has 2 saturated carbocycles. The van der Waals surface area contributed by atoms with Crippen molar-refractivity contribution in [2.45, 2.75) is 155 Å². The molecular formula is C46H63F3O. The van der Waals surface area contributed by atoms with E-state index in [1.165, 1.54) is 109 Å². The van der Waals surface area contributed by atoms with E-state index in [1.54, 1.807) is 36.4 Å². The molecule has 0 aromatic heterocycles. The molecule has 1 nitrogen and oxygen atoms in total. The highest BCUT2D eigenvalue weighted by Gasteiger charge is 2.31. The SMILES string of the molecule is CCCCCCCCCOc1ccc(-c2ccc(-c3ccc(C4CCC(C5CCC(CCCCCCC)CC5)CC4)cc3F)cc2)c(F)c1F. The van der Waals surface area contributed by atoms with Crippen molar-refractivity contribution in [3.05, 3.63) is 77.6 Å². The lowest BCUT2D eigenvalue weighted by atomic mass is 9.68. The van der Waals surface area contributed by atoms with Gasteiger partial charge >= 0.3 is 0 Å². The third kappa shape index (κ3) is 10.9. The highest BCUT2D eigenvalue weighted by molar-refractivity contribution is 5.71. The normalized spacial score (nSPS) is 21.0. The van der Waals surface area contributed by atoms with Crippen LogP contribution >= 0.6 is 0 Å². The zero-order valence-corrected chi connectivity index (χ0v) is 31.1. The first kappa shape index (κ1) is 38.5. The molecule has 3 aromatic carbocycles. The third-order valence-electron chi connectivity index (χ3n) is 12.1. The Hall–Kier alpha value is -2.75. The molecule has 4 heteroatoms. The van der Waals surface area contributed by atoms with Crippen molar-refractivity contribution in [2.75, 3.05) is 6.61 Å². The lowest BCUT2D eigenvalue weighted by Gasteiger charge is -2.38. The van der Waals surface area contributed by atoms with Gasteiger partial charge in [0.2, 0.25) is 5.82 Å². The molecule has 0 unspecified atom stereocenters. The van der Waals surface area contributed by atoms with E-state index in [-0.39, 0.29) is 17.1 Å². The van der Waals surface area contributed by atoms with Gasteiger partial charge in [-0.15, -0.1) is 0 Å². The maximum absolute atomic E-state index is 15.5. The number of ether oxygens (including phenoxy) is 1. The quantitative estimate of drug-likeness (QED) is 0.114. The van der Waals surface area contributed by atoms with Crippen LogP contribution in [0.25, 0.3) is 22.3 Å². The van der Waals surface area contributed by atoms with Crippen molar-refractivity contribution in [3.8, 4) is 28.0 Å². The number of benzene rings is 3. The topological polar surface area (TPSA) is 9.23 Å². The van der Waals surface area contributed by atoms with Gasteiger partial charge in [0.15, 0.2) is 11.6 Å². The van der Waals surface area contributed by atoms with E-state index >= 15 is 8.78 Å². The summed E-state index contributed by atoms with van der Waals surface area (Å²) in [5.41, 5.74) is 3.11. The molecule has 2 aliphatic carbocycles. The van der Waals surface area contributed by atoms with Crippen molar-refractivity contribution < 1.29 is 17.9 Å². The molecule has 3 aromatic rings. The summed E-state index contributed by atoms with van der Waals surface area (Å²) in [4.78, 5) is 0. The number of rotatable bonds is 19. The fourth-order valence-electron chi connectivity index (χ4n) is 8.87.